The quantitative estimate of drug-likeness (QED) is 0.432. The van der Waals surface area contributed by atoms with Crippen LogP contribution in [0.4, 0.5) is 0 Å². The van der Waals surface area contributed by atoms with Crippen molar-refractivity contribution in [2.45, 2.75) is 26.7 Å². The van der Waals surface area contributed by atoms with E-state index in [1.165, 1.54) is 0 Å². The predicted octanol–water partition coefficient (Wildman–Crippen LogP) is 2.87. The lowest BCUT2D eigenvalue weighted by atomic mass is 10.3. The fourth-order valence-electron chi connectivity index (χ4n) is 0.699. The summed E-state index contributed by atoms with van der Waals surface area (Å²) in [4.78, 5) is 0. The first-order chi connectivity index (χ1) is 5.91. The maximum Gasteiger partial charge on any atom is 0.0874 e. The van der Waals surface area contributed by atoms with E-state index in [2.05, 4.69) is 0 Å². The summed E-state index contributed by atoms with van der Waals surface area (Å²) in [6.07, 6.45) is 9.29. The second-order valence-corrected chi connectivity index (χ2v) is 2.39. The molecule has 0 amide bonds. The molecule has 2 nitrogen and oxygen atoms in total. The van der Waals surface area contributed by atoms with Gasteiger partial charge in [-0.05, 0) is 26.7 Å². The molecule has 70 valence electrons. The van der Waals surface area contributed by atoms with Crippen LogP contribution in [-0.4, -0.2) is 13.2 Å². The lowest BCUT2D eigenvalue weighted by molar-refractivity contribution is 0.205. The molecule has 0 aromatic rings. The van der Waals surface area contributed by atoms with Crippen molar-refractivity contribution in [1.29, 1.82) is 0 Å². The number of hydrogen-bond acceptors (Lipinski definition) is 2. The van der Waals surface area contributed by atoms with Gasteiger partial charge in [0.25, 0.3) is 0 Å². The lowest BCUT2D eigenvalue weighted by Crippen LogP contribution is -1.92. The molecule has 0 unspecified atom stereocenters. The van der Waals surface area contributed by atoms with E-state index in [-0.39, 0.29) is 0 Å². The molecular weight excluding hydrogens is 152 g/mol. The minimum Gasteiger partial charge on any atom is -0.502 e. The molecule has 0 rings (SSSR count). The van der Waals surface area contributed by atoms with Gasteiger partial charge in [0.1, 0.15) is 0 Å². The average molecular weight is 170 g/mol. The van der Waals surface area contributed by atoms with Crippen LogP contribution in [0.5, 0.6) is 0 Å². The fourth-order valence-corrected chi connectivity index (χ4v) is 0.699. The molecule has 0 saturated heterocycles. The highest BCUT2D eigenvalue weighted by atomic mass is 16.5. The molecule has 0 fully saturated rings. The first-order valence-electron chi connectivity index (χ1n) is 4.37. The fraction of sp³-hybridized carbons (Fsp3) is 0.600. The van der Waals surface area contributed by atoms with Crippen LogP contribution < -0.4 is 0 Å². The molecular formula is C10H18O2. The summed E-state index contributed by atoms with van der Waals surface area (Å²) in [6.45, 7) is 5.44. The lowest BCUT2D eigenvalue weighted by Gasteiger charge is -2.00. The molecule has 0 aliphatic carbocycles. The summed E-state index contributed by atoms with van der Waals surface area (Å²) in [5.41, 5.74) is 0. The number of rotatable bonds is 7. The summed E-state index contributed by atoms with van der Waals surface area (Å²) >= 11 is 0. The molecule has 0 heterocycles. The van der Waals surface area contributed by atoms with Gasteiger partial charge >= 0.3 is 0 Å². The molecule has 0 aromatic carbocycles. The van der Waals surface area contributed by atoms with Crippen molar-refractivity contribution >= 4 is 0 Å². The van der Waals surface area contributed by atoms with Crippen molar-refractivity contribution in [3.05, 3.63) is 24.7 Å². The first-order valence-corrected chi connectivity index (χ1v) is 4.37. The highest BCUT2D eigenvalue weighted by Crippen LogP contribution is 1.92. The SMILES string of the molecule is CC=COCCCCOC=CC. The highest BCUT2D eigenvalue weighted by molar-refractivity contribution is 4.65. The van der Waals surface area contributed by atoms with Crippen molar-refractivity contribution in [2.75, 3.05) is 13.2 Å². The molecule has 0 bridgehead atoms. The summed E-state index contributed by atoms with van der Waals surface area (Å²) in [5, 5.41) is 0. The number of ether oxygens (including phenoxy) is 2. The summed E-state index contributed by atoms with van der Waals surface area (Å²) < 4.78 is 10.3. The molecule has 0 aliphatic heterocycles. The van der Waals surface area contributed by atoms with Crippen molar-refractivity contribution in [2.24, 2.45) is 0 Å². The van der Waals surface area contributed by atoms with E-state index in [0.717, 1.165) is 26.1 Å². The van der Waals surface area contributed by atoms with E-state index in [9.17, 15) is 0 Å². The Labute approximate surface area is 74.9 Å². The Morgan fingerprint density at radius 2 is 1.25 bits per heavy atom. The summed E-state index contributed by atoms with van der Waals surface area (Å²) in [7, 11) is 0. The maximum atomic E-state index is 5.14. The zero-order valence-corrected chi connectivity index (χ0v) is 7.95. The van der Waals surface area contributed by atoms with Gasteiger partial charge in [0.05, 0.1) is 25.7 Å². The van der Waals surface area contributed by atoms with Gasteiger partial charge in [0, 0.05) is 0 Å². The van der Waals surface area contributed by atoms with Gasteiger partial charge < -0.3 is 9.47 Å². The van der Waals surface area contributed by atoms with E-state index < -0.39 is 0 Å². The van der Waals surface area contributed by atoms with Gasteiger partial charge in [-0.3, -0.25) is 0 Å². The second kappa shape index (κ2) is 10.1. The molecule has 0 radical (unpaired) electrons. The van der Waals surface area contributed by atoms with Crippen molar-refractivity contribution < 1.29 is 9.47 Å². The summed E-state index contributed by atoms with van der Waals surface area (Å²) in [6, 6.07) is 0. The molecule has 12 heavy (non-hydrogen) atoms. The van der Waals surface area contributed by atoms with Crippen LogP contribution in [0, 0.1) is 0 Å². The smallest absolute Gasteiger partial charge is 0.0874 e. The molecule has 0 saturated carbocycles. The molecule has 0 spiro atoms. The molecule has 0 N–H and O–H groups in total. The van der Waals surface area contributed by atoms with Gasteiger partial charge in [-0.25, -0.2) is 0 Å². The van der Waals surface area contributed by atoms with Crippen LogP contribution in [0.3, 0.4) is 0 Å². The monoisotopic (exact) mass is 170 g/mol. The topological polar surface area (TPSA) is 18.5 Å². The number of unbranched alkanes of at least 4 members (excludes halogenated alkanes) is 1. The van der Waals surface area contributed by atoms with Crippen molar-refractivity contribution in [3.8, 4) is 0 Å². The second-order valence-electron chi connectivity index (χ2n) is 2.39. The largest absolute Gasteiger partial charge is 0.502 e. The molecule has 0 aliphatic rings. The zero-order valence-electron chi connectivity index (χ0n) is 7.95. The number of allylic oxidation sites excluding steroid dienone is 2. The highest BCUT2D eigenvalue weighted by Gasteiger charge is 1.86. The normalized spacial score (nSPS) is 11.2. The van der Waals surface area contributed by atoms with Crippen LogP contribution in [0.15, 0.2) is 24.7 Å². The summed E-state index contributed by atoms with van der Waals surface area (Å²) in [5.74, 6) is 0. The minimum atomic E-state index is 0.781. The maximum absolute atomic E-state index is 5.14. The third kappa shape index (κ3) is 9.08. The average Bonchev–Trinajstić information content (AvgIpc) is 2.10. The van der Waals surface area contributed by atoms with Crippen molar-refractivity contribution in [3.63, 3.8) is 0 Å². The molecule has 0 aromatic heterocycles. The molecule has 2 heteroatoms. The van der Waals surface area contributed by atoms with Gasteiger partial charge in [-0.2, -0.15) is 0 Å². The Balaban J connectivity index is 2.91. The van der Waals surface area contributed by atoms with E-state index in [0.29, 0.717) is 0 Å². The molecule has 0 atom stereocenters. The first kappa shape index (κ1) is 11.1. The van der Waals surface area contributed by atoms with Crippen LogP contribution >= 0.6 is 0 Å². The van der Waals surface area contributed by atoms with Gasteiger partial charge in [0.2, 0.25) is 0 Å². The van der Waals surface area contributed by atoms with E-state index in [4.69, 9.17) is 9.47 Å². The van der Waals surface area contributed by atoms with E-state index >= 15 is 0 Å². The Bertz CT molecular complexity index is 112. The third-order valence-corrected chi connectivity index (χ3v) is 1.24. The van der Waals surface area contributed by atoms with Crippen molar-refractivity contribution in [1.82, 2.24) is 0 Å². The van der Waals surface area contributed by atoms with Crippen LogP contribution in [-0.2, 0) is 9.47 Å². The van der Waals surface area contributed by atoms with E-state index in [1.807, 2.05) is 26.0 Å². The standard InChI is InChI=1S/C10H18O2/c1-3-7-11-9-5-6-10-12-8-4-2/h3-4,7-8H,5-6,9-10H2,1-2H3. The Morgan fingerprint density at radius 1 is 0.833 bits per heavy atom. The van der Waals surface area contributed by atoms with Gasteiger partial charge in [-0.15, -0.1) is 0 Å². The Kier molecular flexibility index (Phi) is 9.31. The Hall–Kier alpha value is -0.920. The Morgan fingerprint density at radius 3 is 1.58 bits per heavy atom. The predicted molar refractivity (Wildman–Crippen MR) is 50.8 cm³/mol. The van der Waals surface area contributed by atoms with Gasteiger partial charge in [-0.1, -0.05) is 12.2 Å². The third-order valence-electron chi connectivity index (χ3n) is 1.24. The van der Waals surface area contributed by atoms with Crippen LogP contribution in [0.25, 0.3) is 0 Å². The van der Waals surface area contributed by atoms with E-state index in [1.54, 1.807) is 12.5 Å². The zero-order chi connectivity index (χ0) is 9.07. The van der Waals surface area contributed by atoms with Crippen LogP contribution in [0.2, 0.25) is 0 Å². The van der Waals surface area contributed by atoms with Crippen LogP contribution in [0.1, 0.15) is 26.7 Å². The minimum absolute atomic E-state index is 0.781. The van der Waals surface area contributed by atoms with Gasteiger partial charge in [0.15, 0.2) is 0 Å². The number of hydrogen-bond donors (Lipinski definition) is 0.